The third kappa shape index (κ3) is 4.05. The van der Waals surface area contributed by atoms with Crippen molar-refractivity contribution in [1.82, 2.24) is 5.32 Å². The van der Waals surface area contributed by atoms with Gasteiger partial charge < -0.3 is 20.3 Å². The molecule has 0 spiro atoms. The second-order valence-corrected chi connectivity index (χ2v) is 7.33. The van der Waals surface area contributed by atoms with Gasteiger partial charge in [0.25, 0.3) is 0 Å². The molecule has 32 heavy (non-hydrogen) atoms. The number of phenols is 1. The summed E-state index contributed by atoms with van der Waals surface area (Å²) in [5.74, 6) is -2.08. The van der Waals surface area contributed by atoms with Crippen LogP contribution in [-0.4, -0.2) is 34.5 Å². The van der Waals surface area contributed by atoms with E-state index in [1.807, 2.05) is 60.7 Å². The highest BCUT2D eigenvalue weighted by atomic mass is 16.5. The van der Waals surface area contributed by atoms with Gasteiger partial charge in [-0.15, -0.1) is 0 Å². The third-order valence-corrected chi connectivity index (χ3v) is 5.34. The molecule has 4 rings (SSSR count). The molecule has 0 aromatic heterocycles. The van der Waals surface area contributed by atoms with E-state index >= 15 is 0 Å². The first kappa shape index (κ1) is 21.1. The summed E-state index contributed by atoms with van der Waals surface area (Å²) in [6.45, 7) is 1.98. The predicted molar refractivity (Wildman–Crippen MR) is 120 cm³/mol. The zero-order chi connectivity index (χ0) is 22.7. The molecule has 162 valence electrons. The third-order valence-electron chi connectivity index (χ3n) is 5.34. The quantitative estimate of drug-likeness (QED) is 0.533. The Bertz CT molecular complexity index is 1180. The summed E-state index contributed by atoms with van der Waals surface area (Å²) < 4.78 is 5.48. The van der Waals surface area contributed by atoms with Crippen LogP contribution in [0.5, 0.6) is 11.5 Å². The molecular formula is C25H22N2O5. The molecule has 0 fully saturated rings. The minimum atomic E-state index is -1.29. The number of rotatable bonds is 6. The number of aliphatic imine (C=N–C) groups is 1. The topological polar surface area (TPSA) is 108 Å². The van der Waals surface area contributed by atoms with E-state index in [0.717, 1.165) is 11.1 Å². The largest absolute Gasteiger partial charge is 0.504 e. The van der Waals surface area contributed by atoms with Crippen LogP contribution >= 0.6 is 0 Å². The van der Waals surface area contributed by atoms with Crippen molar-refractivity contribution in [2.24, 2.45) is 4.99 Å². The van der Waals surface area contributed by atoms with Crippen LogP contribution in [0.3, 0.4) is 0 Å². The Labute approximate surface area is 185 Å². The van der Waals surface area contributed by atoms with Crippen LogP contribution in [0.4, 0.5) is 4.79 Å². The number of aromatic hydroxyl groups is 1. The number of amides is 2. The summed E-state index contributed by atoms with van der Waals surface area (Å²) in [5.41, 5.74) is 2.48. The molecule has 0 bridgehead atoms. The van der Waals surface area contributed by atoms with Gasteiger partial charge in [0.2, 0.25) is 0 Å². The van der Waals surface area contributed by atoms with Crippen LogP contribution in [0.2, 0.25) is 0 Å². The average Bonchev–Trinajstić information content (AvgIpc) is 2.81. The number of carboxylic acids is 1. The number of benzene rings is 3. The molecule has 0 aliphatic carbocycles. The molecule has 0 saturated heterocycles. The molecule has 7 heteroatoms. The normalized spacial score (nSPS) is 17.9. The number of nitrogens with one attached hydrogen (secondary N) is 1. The maximum Gasteiger partial charge on any atom is 0.341 e. The van der Waals surface area contributed by atoms with Gasteiger partial charge in [0, 0.05) is 0 Å². The summed E-state index contributed by atoms with van der Waals surface area (Å²) >= 11 is 0. The Balaban J connectivity index is 1.92. The Morgan fingerprint density at radius 3 is 2.31 bits per heavy atom. The SMILES string of the molecule is CCOc1cc(C2NC(=O)N=C(c3ccccc3)C2c2ccccc2)cc(C(=O)O)c1O. The number of urea groups is 1. The van der Waals surface area contributed by atoms with Gasteiger partial charge >= 0.3 is 12.0 Å². The average molecular weight is 430 g/mol. The summed E-state index contributed by atoms with van der Waals surface area (Å²) in [7, 11) is 0. The fourth-order valence-corrected chi connectivity index (χ4v) is 3.96. The van der Waals surface area contributed by atoms with Gasteiger partial charge in [0.05, 0.1) is 24.3 Å². The number of hydrogen-bond donors (Lipinski definition) is 3. The lowest BCUT2D eigenvalue weighted by atomic mass is 9.79. The second-order valence-electron chi connectivity index (χ2n) is 7.33. The predicted octanol–water partition coefficient (Wildman–Crippen LogP) is 4.53. The molecule has 2 atom stereocenters. The lowest BCUT2D eigenvalue weighted by Gasteiger charge is -2.33. The summed E-state index contributed by atoms with van der Waals surface area (Å²) in [5, 5.41) is 22.9. The van der Waals surface area contributed by atoms with Gasteiger partial charge in [-0.2, -0.15) is 4.99 Å². The van der Waals surface area contributed by atoms with Gasteiger partial charge in [-0.3, -0.25) is 0 Å². The van der Waals surface area contributed by atoms with Crippen molar-refractivity contribution >= 4 is 17.7 Å². The van der Waals surface area contributed by atoms with Crippen LogP contribution < -0.4 is 10.1 Å². The number of carboxylic acid groups (broad SMARTS) is 1. The molecule has 7 nitrogen and oxygen atoms in total. The minimum Gasteiger partial charge on any atom is -0.504 e. The van der Waals surface area contributed by atoms with Crippen LogP contribution in [0.1, 0.15) is 45.9 Å². The van der Waals surface area contributed by atoms with Crippen LogP contribution in [0, 0.1) is 0 Å². The van der Waals surface area contributed by atoms with Crippen molar-refractivity contribution in [2.45, 2.75) is 18.9 Å². The molecule has 1 aliphatic heterocycles. The number of nitrogens with zero attached hydrogens (tertiary/aromatic N) is 1. The fraction of sp³-hybridized carbons (Fsp3) is 0.160. The summed E-state index contributed by atoms with van der Waals surface area (Å²) in [6, 6.07) is 20.8. The Kier molecular flexibility index (Phi) is 5.89. The van der Waals surface area contributed by atoms with Crippen molar-refractivity contribution in [2.75, 3.05) is 6.61 Å². The van der Waals surface area contributed by atoms with Gasteiger partial charge in [0.15, 0.2) is 11.5 Å². The monoisotopic (exact) mass is 430 g/mol. The number of ether oxygens (including phenoxy) is 1. The lowest BCUT2D eigenvalue weighted by Crippen LogP contribution is -2.40. The molecule has 0 radical (unpaired) electrons. The van der Waals surface area contributed by atoms with Gasteiger partial charge in [0.1, 0.15) is 5.56 Å². The van der Waals surface area contributed by atoms with Crippen molar-refractivity contribution in [3.63, 3.8) is 0 Å². The Morgan fingerprint density at radius 1 is 1.03 bits per heavy atom. The van der Waals surface area contributed by atoms with E-state index in [2.05, 4.69) is 10.3 Å². The van der Waals surface area contributed by atoms with Gasteiger partial charge in [-0.05, 0) is 35.7 Å². The molecule has 3 N–H and O–H groups in total. The van der Waals surface area contributed by atoms with Crippen molar-refractivity contribution in [1.29, 1.82) is 0 Å². The zero-order valence-electron chi connectivity index (χ0n) is 17.4. The highest BCUT2D eigenvalue weighted by Crippen LogP contribution is 2.41. The maximum absolute atomic E-state index is 12.6. The highest BCUT2D eigenvalue weighted by molar-refractivity contribution is 6.12. The van der Waals surface area contributed by atoms with E-state index in [1.54, 1.807) is 13.0 Å². The van der Waals surface area contributed by atoms with Crippen LogP contribution in [0.15, 0.2) is 77.8 Å². The molecule has 0 saturated carbocycles. The van der Waals surface area contributed by atoms with Gasteiger partial charge in [-0.25, -0.2) is 9.59 Å². The van der Waals surface area contributed by atoms with E-state index in [0.29, 0.717) is 11.3 Å². The smallest absolute Gasteiger partial charge is 0.341 e. The summed E-state index contributed by atoms with van der Waals surface area (Å²) in [4.78, 5) is 28.7. The van der Waals surface area contributed by atoms with Gasteiger partial charge in [-0.1, -0.05) is 60.7 Å². The Morgan fingerprint density at radius 2 is 1.69 bits per heavy atom. The second kappa shape index (κ2) is 8.93. The first-order chi connectivity index (χ1) is 15.5. The summed E-state index contributed by atoms with van der Waals surface area (Å²) in [6.07, 6.45) is 0. The fourth-order valence-electron chi connectivity index (χ4n) is 3.96. The van der Waals surface area contributed by atoms with E-state index in [1.165, 1.54) is 6.07 Å². The Hall–Kier alpha value is -4.13. The van der Waals surface area contributed by atoms with E-state index < -0.39 is 29.7 Å². The van der Waals surface area contributed by atoms with Crippen molar-refractivity contribution in [3.05, 3.63) is 95.1 Å². The first-order valence-corrected chi connectivity index (χ1v) is 10.2. The van der Waals surface area contributed by atoms with Crippen molar-refractivity contribution in [3.8, 4) is 11.5 Å². The maximum atomic E-state index is 12.6. The van der Waals surface area contributed by atoms with E-state index in [4.69, 9.17) is 4.74 Å². The zero-order valence-corrected chi connectivity index (χ0v) is 17.4. The molecule has 2 amide bonds. The molecule has 2 unspecified atom stereocenters. The molecule has 3 aromatic rings. The van der Waals surface area contributed by atoms with E-state index in [9.17, 15) is 19.8 Å². The molecule has 1 aliphatic rings. The van der Waals surface area contributed by atoms with Crippen LogP contribution in [-0.2, 0) is 0 Å². The molecular weight excluding hydrogens is 408 g/mol. The number of aromatic carboxylic acids is 1. The number of carbonyl (C=O) groups is 2. The molecule has 3 aromatic carbocycles. The number of carbonyl (C=O) groups excluding carboxylic acids is 1. The van der Waals surface area contributed by atoms with Crippen molar-refractivity contribution < 1.29 is 24.5 Å². The first-order valence-electron chi connectivity index (χ1n) is 10.2. The molecule has 1 heterocycles. The van der Waals surface area contributed by atoms with Crippen LogP contribution in [0.25, 0.3) is 0 Å². The minimum absolute atomic E-state index is 0.0484. The number of hydrogen-bond acceptors (Lipinski definition) is 4. The van der Waals surface area contributed by atoms with E-state index in [-0.39, 0.29) is 17.9 Å². The standard InChI is InChI=1S/C25H22N2O5/c1-2-32-19-14-17(13-18(23(19)28)24(29)30)22-20(15-9-5-3-6-10-15)21(26-25(31)27-22)16-11-7-4-8-12-16/h3-14,20,22,28H,2H2,1H3,(H,27,31)(H,29,30). The lowest BCUT2D eigenvalue weighted by molar-refractivity contribution is 0.0692. The highest BCUT2D eigenvalue weighted by Gasteiger charge is 2.36.